The Hall–Kier alpha value is -1.67. The lowest BCUT2D eigenvalue weighted by molar-refractivity contribution is 1.27. The van der Waals surface area contributed by atoms with Gasteiger partial charge in [-0.25, -0.2) is 4.99 Å². The Morgan fingerprint density at radius 3 is 2.65 bits per heavy atom. The summed E-state index contributed by atoms with van der Waals surface area (Å²) in [6.45, 7) is 3.93. The van der Waals surface area contributed by atoms with Crippen LogP contribution < -0.4 is 0 Å². The summed E-state index contributed by atoms with van der Waals surface area (Å²) >= 11 is 6.13. The molecule has 0 radical (unpaired) electrons. The van der Waals surface area contributed by atoms with E-state index in [1.165, 1.54) is 0 Å². The molecule has 0 fully saturated rings. The van der Waals surface area contributed by atoms with Gasteiger partial charge in [-0.1, -0.05) is 29.8 Å². The largest absolute Gasteiger partial charge is 0.255 e. The first kappa shape index (κ1) is 11.8. The molecule has 86 valence electrons. The minimum Gasteiger partial charge on any atom is -0.255 e. The molecule has 1 heterocycles. The Labute approximate surface area is 106 Å². The molecule has 0 amide bonds. The van der Waals surface area contributed by atoms with E-state index >= 15 is 0 Å². The molecule has 1 aromatic heterocycles. The second-order valence-corrected chi connectivity index (χ2v) is 4.22. The monoisotopic (exact) mass is 244 g/mol. The van der Waals surface area contributed by atoms with Crippen molar-refractivity contribution in [3.8, 4) is 0 Å². The second-order valence-electron chi connectivity index (χ2n) is 3.82. The first-order valence-electron chi connectivity index (χ1n) is 5.40. The van der Waals surface area contributed by atoms with E-state index in [1.807, 2.05) is 50.2 Å². The van der Waals surface area contributed by atoms with Gasteiger partial charge in [0.05, 0.1) is 22.1 Å². The Balaban J connectivity index is 2.43. The van der Waals surface area contributed by atoms with Gasteiger partial charge in [0.2, 0.25) is 0 Å². The molecule has 0 atom stereocenters. The van der Waals surface area contributed by atoms with Crippen molar-refractivity contribution in [1.82, 2.24) is 4.98 Å². The zero-order valence-corrected chi connectivity index (χ0v) is 10.6. The van der Waals surface area contributed by atoms with Crippen LogP contribution in [0.25, 0.3) is 0 Å². The smallest absolute Gasteiger partial charge is 0.0849 e. The van der Waals surface area contributed by atoms with Crippen molar-refractivity contribution in [3.05, 3.63) is 58.9 Å². The summed E-state index contributed by atoms with van der Waals surface area (Å²) in [5.74, 6) is 0. The topological polar surface area (TPSA) is 25.2 Å². The molecule has 0 spiro atoms. The van der Waals surface area contributed by atoms with Crippen LogP contribution in [0.5, 0.6) is 0 Å². The van der Waals surface area contributed by atoms with Crippen LogP contribution in [0, 0.1) is 6.92 Å². The number of nitrogens with zero attached hydrogens (tertiary/aromatic N) is 2. The molecule has 0 aliphatic carbocycles. The third-order valence-electron chi connectivity index (χ3n) is 2.50. The van der Waals surface area contributed by atoms with Gasteiger partial charge in [-0.05, 0) is 37.6 Å². The second kappa shape index (κ2) is 5.11. The van der Waals surface area contributed by atoms with Crippen molar-refractivity contribution >= 4 is 23.0 Å². The summed E-state index contributed by atoms with van der Waals surface area (Å²) in [6, 6.07) is 11.5. The predicted molar refractivity (Wildman–Crippen MR) is 72.3 cm³/mol. The minimum atomic E-state index is 0.667. The highest BCUT2D eigenvalue weighted by atomic mass is 35.5. The van der Waals surface area contributed by atoms with Crippen molar-refractivity contribution in [2.45, 2.75) is 13.8 Å². The van der Waals surface area contributed by atoms with Gasteiger partial charge in [0.1, 0.15) is 0 Å². The van der Waals surface area contributed by atoms with Gasteiger partial charge in [0.15, 0.2) is 0 Å². The van der Waals surface area contributed by atoms with Gasteiger partial charge in [-0.15, -0.1) is 0 Å². The van der Waals surface area contributed by atoms with Gasteiger partial charge in [-0.3, -0.25) is 4.98 Å². The molecular formula is C14H13ClN2. The van der Waals surface area contributed by atoms with E-state index in [4.69, 9.17) is 11.6 Å². The number of aryl methyl sites for hydroxylation is 1. The Morgan fingerprint density at radius 2 is 2.00 bits per heavy atom. The molecule has 0 saturated carbocycles. The quantitative estimate of drug-likeness (QED) is 0.728. The van der Waals surface area contributed by atoms with Gasteiger partial charge in [0.25, 0.3) is 0 Å². The molecule has 2 aromatic rings. The predicted octanol–water partition coefficient (Wildman–Crippen LogP) is 4.18. The van der Waals surface area contributed by atoms with E-state index in [2.05, 4.69) is 9.98 Å². The van der Waals surface area contributed by atoms with Gasteiger partial charge < -0.3 is 0 Å². The molecule has 0 unspecified atom stereocenters. The van der Waals surface area contributed by atoms with Crippen LogP contribution in [0.3, 0.4) is 0 Å². The van der Waals surface area contributed by atoms with E-state index in [-0.39, 0.29) is 0 Å². The fourth-order valence-corrected chi connectivity index (χ4v) is 1.83. The molecule has 0 aliphatic rings. The highest BCUT2D eigenvalue weighted by Crippen LogP contribution is 2.28. The molecule has 0 bridgehead atoms. The summed E-state index contributed by atoms with van der Waals surface area (Å²) in [7, 11) is 0. The Kier molecular flexibility index (Phi) is 3.55. The zero-order valence-electron chi connectivity index (χ0n) is 9.81. The maximum atomic E-state index is 6.13. The summed E-state index contributed by atoms with van der Waals surface area (Å²) in [6.07, 6.45) is 1.76. The van der Waals surface area contributed by atoms with E-state index < -0.39 is 0 Å². The SMILES string of the molecule is CC(=Nc1c(C)cccc1Cl)c1ccccn1. The van der Waals surface area contributed by atoms with E-state index in [1.54, 1.807) is 6.20 Å². The molecule has 17 heavy (non-hydrogen) atoms. The average molecular weight is 245 g/mol. The highest BCUT2D eigenvalue weighted by molar-refractivity contribution is 6.33. The summed E-state index contributed by atoms with van der Waals surface area (Å²) < 4.78 is 0. The third kappa shape index (κ3) is 2.71. The molecule has 0 aliphatic heterocycles. The Morgan fingerprint density at radius 1 is 1.18 bits per heavy atom. The minimum absolute atomic E-state index is 0.667. The lowest BCUT2D eigenvalue weighted by atomic mass is 10.2. The molecule has 1 aromatic carbocycles. The number of halogens is 1. The number of aromatic nitrogens is 1. The normalized spacial score (nSPS) is 11.6. The van der Waals surface area contributed by atoms with Crippen molar-refractivity contribution in [2.24, 2.45) is 4.99 Å². The standard InChI is InChI=1S/C14H13ClN2/c1-10-6-5-7-12(15)14(10)17-11(2)13-8-3-4-9-16-13/h3-9H,1-2H3. The number of para-hydroxylation sites is 1. The van der Waals surface area contributed by atoms with Crippen LogP contribution in [0.15, 0.2) is 47.6 Å². The summed E-state index contributed by atoms with van der Waals surface area (Å²) in [5, 5.41) is 0.667. The van der Waals surface area contributed by atoms with Crippen molar-refractivity contribution in [2.75, 3.05) is 0 Å². The summed E-state index contributed by atoms with van der Waals surface area (Å²) in [4.78, 5) is 8.81. The zero-order chi connectivity index (χ0) is 12.3. The highest BCUT2D eigenvalue weighted by Gasteiger charge is 2.04. The number of pyridine rings is 1. The maximum Gasteiger partial charge on any atom is 0.0849 e. The van der Waals surface area contributed by atoms with Crippen LogP contribution >= 0.6 is 11.6 Å². The van der Waals surface area contributed by atoms with Crippen LogP contribution in [0.1, 0.15) is 18.2 Å². The number of hydrogen-bond donors (Lipinski definition) is 0. The van der Waals surface area contributed by atoms with Gasteiger partial charge >= 0.3 is 0 Å². The van der Waals surface area contributed by atoms with Crippen molar-refractivity contribution in [3.63, 3.8) is 0 Å². The van der Waals surface area contributed by atoms with Crippen LogP contribution in [-0.2, 0) is 0 Å². The molecule has 3 heteroatoms. The van der Waals surface area contributed by atoms with Crippen LogP contribution in [0.2, 0.25) is 5.02 Å². The van der Waals surface area contributed by atoms with Gasteiger partial charge in [-0.2, -0.15) is 0 Å². The molecule has 2 rings (SSSR count). The molecular weight excluding hydrogens is 232 g/mol. The number of aliphatic imine (C=N–C) groups is 1. The van der Waals surface area contributed by atoms with Crippen molar-refractivity contribution < 1.29 is 0 Å². The van der Waals surface area contributed by atoms with E-state index in [0.717, 1.165) is 22.7 Å². The number of rotatable bonds is 2. The molecule has 0 N–H and O–H groups in total. The van der Waals surface area contributed by atoms with Crippen LogP contribution in [-0.4, -0.2) is 10.7 Å². The van der Waals surface area contributed by atoms with Crippen LogP contribution in [0.4, 0.5) is 5.69 Å². The molecule has 0 saturated heterocycles. The third-order valence-corrected chi connectivity index (χ3v) is 2.81. The molecule has 2 nitrogen and oxygen atoms in total. The Bertz CT molecular complexity index is 527. The maximum absolute atomic E-state index is 6.13. The number of benzene rings is 1. The lowest BCUT2D eigenvalue weighted by Gasteiger charge is -2.04. The average Bonchev–Trinajstić information content (AvgIpc) is 2.35. The number of hydrogen-bond acceptors (Lipinski definition) is 2. The fraction of sp³-hybridized carbons (Fsp3) is 0.143. The van der Waals surface area contributed by atoms with E-state index in [0.29, 0.717) is 5.02 Å². The summed E-state index contributed by atoms with van der Waals surface area (Å²) in [5.41, 5.74) is 3.61. The lowest BCUT2D eigenvalue weighted by Crippen LogP contribution is -1.97. The van der Waals surface area contributed by atoms with Gasteiger partial charge in [0, 0.05) is 6.20 Å². The van der Waals surface area contributed by atoms with E-state index in [9.17, 15) is 0 Å². The van der Waals surface area contributed by atoms with Crippen molar-refractivity contribution in [1.29, 1.82) is 0 Å². The first-order chi connectivity index (χ1) is 8.18. The fourth-order valence-electron chi connectivity index (χ4n) is 1.57. The first-order valence-corrected chi connectivity index (χ1v) is 5.78.